The Hall–Kier alpha value is -1.85. The summed E-state index contributed by atoms with van der Waals surface area (Å²) in [6.07, 6.45) is 0.656. The van der Waals surface area contributed by atoms with Gasteiger partial charge in [-0.3, -0.25) is 4.79 Å². The Morgan fingerprint density at radius 1 is 1.26 bits per heavy atom. The maximum Gasteiger partial charge on any atom is 0.234 e. The number of halogens is 1. The predicted molar refractivity (Wildman–Crippen MR) is 92.3 cm³/mol. The zero-order chi connectivity index (χ0) is 16.2. The van der Waals surface area contributed by atoms with Gasteiger partial charge in [0.2, 0.25) is 5.91 Å². The second kappa shape index (κ2) is 7.15. The van der Waals surface area contributed by atoms with Crippen LogP contribution in [0.25, 0.3) is 0 Å². The van der Waals surface area contributed by atoms with E-state index < -0.39 is 0 Å². The smallest absolute Gasteiger partial charge is 0.234 e. The number of hydrogen-bond donors (Lipinski definition) is 2. The van der Waals surface area contributed by atoms with E-state index in [1.807, 2.05) is 37.3 Å². The zero-order valence-corrected chi connectivity index (χ0v) is 13.8. The van der Waals surface area contributed by atoms with Gasteiger partial charge in [0.25, 0.3) is 0 Å². The van der Waals surface area contributed by atoms with Gasteiger partial charge >= 0.3 is 0 Å². The Kier molecular flexibility index (Phi) is 4.98. The molecule has 2 aromatic carbocycles. The van der Waals surface area contributed by atoms with Gasteiger partial charge in [0, 0.05) is 11.4 Å². The first kappa shape index (κ1) is 16.0. The molecule has 0 unspecified atom stereocenters. The number of fused-ring (bicyclic) bond motifs is 1. The van der Waals surface area contributed by atoms with Crippen molar-refractivity contribution in [1.82, 2.24) is 5.32 Å². The molecule has 0 radical (unpaired) electrons. The second-order valence-corrected chi connectivity index (χ2v) is 6.69. The van der Waals surface area contributed by atoms with Crippen molar-refractivity contribution in [3.8, 4) is 0 Å². The lowest BCUT2D eigenvalue weighted by Gasteiger charge is -2.19. The van der Waals surface area contributed by atoms with Gasteiger partial charge in [-0.1, -0.05) is 23.8 Å². The number of carbonyl (C=O) groups excluding carboxylic acids is 1. The molecule has 0 saturated carbocycles. The highest BCUT2D eigenvalue weighted by atomic mass is 32.2. The molecule has 3 rings (SSSR count). The van der Waals surface area contributed by atoms with Crippen molar-refractivity contribution in [2.45, 2.75) is 24.8 Å². The Morgan fingerprint density at radius 3 is 2.83 bits per heavy atom. The predicted octanol–water partition coefficient (Wildman–Crippen LogP) is 3.51. The molecule has 1 amide bonds. The number of nitrogens with one attached hydrogen (secondary N) is 2. The van der Waals surface area contributed by atoms with Crippen molar-refractivity contribution in [2.24, 2.45) is 0 Å². The van der Waals surface area contributed by atoms with E-state index in [2.05, 4.69) is 10.6 Å². The van der Waals surface area contributed by atoms with E-state index >= 15 is 0 Å². The summed E-state index contributed by atoms with van der Waals surface area (Å²) in [5.74, 6) is -0.220. The first-order valence-corrected chi connectivity index (χ1v) is 8.62. The summed E-state index contributed by atoms with van der Waals surface area (Å²) in [5, 5.41) is 5.90. The summed E-state index contributed by atoms with van der Waals surface area (Å²) in [6, 6.07) is 11.5. The van der Waals surface area contributed by atoms with Crippen molar-refractivity contribution < 1.29 is 9.18 Å². The number of carbonyl (C=O) groups is 1. The summed E-state index contributed by atoms with van der Waals surface area (Å²) in [7, 11) is 0. The molecular weight excluding hydrogens is 311 g/mol. The number of thioether (sulfide) groups is 1. The largest absolute Gasteiger partial charge is 0.323 e. The van der Waals surface area contributed by atoms with Gasteiger partial charge in [-0.15, -0.1) is 11.8 Å². The van der Waals surface area contributed by atoms with Crippen LogP contribution in [0.3, 0.4) is 0 Å². The van der Waals surface area contributed by atoms with E-state index in [1.165, 1.54) is 17.3 Å². The van der Waals surface area contributed by atoms with Gasteiger partial charge < -0.3 is 10.6 Å². The van der Waals surface area contributed by atoms with Crippen LogP contribution in [0, 0.1) is 12.7 Å². The molecule has 2 N–H and O–H groups in total. The number of amides is 1. The van der Waals surface area contributed by atoms with Gasteiger partial charge in [0.05, 0.1) is 11.4 Å². The van der Waals surface area contributed by atoms with Crippen LogP contribution in [0.4, 0.5) is 10.1 Å². The van der Waals surface area contributed by atoms with E-state index in [0.29, 0.717) is 18.5 Å². The standard InChI is InChI=1S/C18H19FN2OS/c1-12-2-5-14(6-3-12)23-11-17(22)21-16-7-4-13-10-20-9-8-15(13)18(16)19/h2-7,20H,8-11H2,1H3,(H,21,22). The molecule has 5 heteroatoms. The molecule has 120 valence electrons. The van der Waals surface area contributed by atoms with E-state index in [4.69, 9.17) is 0 Å². The van der Waals surface area contributed by atoms with Crippen molar-refractivity contribution >= 4 is 23.4 Å². The van der Waals surface area contributed by atoms with E-state index in [0.717, 1.165) is 17.0 Å². The third-order valence-corrected chi connectivity index (χ3v) is 4.88. The van der Waals surface area contributed by atoms with Crippen LogP contribution in [0.2, 0.25) is 0 Å². The number of hydrogen-bond acceptors (Lipinski definition) is 3. The van der Waals surface area contributed by atoms with Gasteiger partial charge in [0.1, 0.15) is 5.82 Å². The quantitative estimate of drug-likeness (QED) is 0.843. The highest BCUT2D eigenvalue weighted by Gasteiger charge is 2.17. The fourth-order valence-electron chi connectivity index (χ4n) is 2.60. The Balaban J connectivity index is 1.62. The molecule has 1 aliphatic heterocycles. The maximum absolute atomic E-state index is 14.5. The van der Waals surface area contributed by atoms with E-state index in [-0.39, 0.29) is 23.2 Å². The fourth-order valence-corrected chi connectivity index (χ4v) is 3.30. The molecule has 0 atom stereocenters. The molecule has 0 bridgehead atoms. The molecule has 23 heavy (non-hydrogen) atoms. The Bertz CT molecular complexity index is 716. The van der Waals surface area contributed by atoms with Gasteiger partial charge in [-0.2, -0.15) is 0 Å². The summed E-state index contributed by atoms with van der Waals surface area (Å²) < 4.78 is 14.5. The van der Waals surface area contributed by atoms with Gasteiger partial charge in [-0.25, -0.2) is 4.39 Å². The average Bonchev–Trinajstić information content (AvgIpc) is 2.57. The summed E-state index contributed by atoms with van der Waals surface area (Å²) in [5.41, 5.74) is 3.15. The van der Waals surface area contributed by atoms with Crippen molar-refractivity contribution in [1.29, 1.82) is 0 Å². The SMILES string of the molecule is Cc1ccc(SCC(=O)Nc2ccc3c(c2F)CCNC3)cc1. The van der Waals surface area contributed by atoms with Crippen molar-refractivity contribution in [3.63, 3.8) is 0 Å². The molecule has 0 spiro atoms. The van der Waals surface area contributed by atoms with Crippen molar-refractivity contribution in [2.75, 3.05) is 17.6 Å². The lowest BCUT2D eigenvalue weighted by atomic mass is 9.99. The first-order chi connectivity index (χ1) is 11.1. The van der Waals surface area contributed by atoms with Crippen LogP contribution in [-0.2, 0) is 17.8 Å². The molecule has 1 aliphatic rings. The lowest BCUT2D eigenvalue weighted by molar-refractivity contribution is -0.113. The van der Waals surface area contributed by atoms with Crippen LogP contribution in [-0.4, -0.2) is 18.2 Å². The van der Waals surface area contributed by atoms with Gasteiger partial charge in [0.15, 0.2) is 0 Å². The molecule has 0 aliphatic carbocycles. The van der Waals surface area contributed by atoms with Crippen LogP contribution in [0.5, 0.6) is 0 Å². The minimum atomic E-state index is -0.294. The lowest BCUT2D eigenvalue weighted by Crippen LogP contribution is -2.25. The average molecular weight is 330 g/mol. The summed E-state index contributed by atoms with van der Waals surface area (Å²) in [6.45, 7) is 3.48. The molecule has 2 aromatic rings. The first-order valence-electron chi connectivity index (χ1n) is 7.64. The number of anilines is 1. The Labute approximate surface area is 139 Å². The normalized spacial score (nSPS) is 13.5. The monoisotopic (exact) mass is 330 g/mol. The highest BCUT2D eigenvalue weighted by molar-refractivity contribution is 8.00. The number of aryl methyl sites for hydroxylation is 1. The van der Waals surface area contributed by atoms with E-state index in [1.54, 1.807) is 6.07 Å². The molecule has 3 nitrogen and oxygen atoms in total. The Morgan fingerprint density at radius 2 is 2.04 bits per heavy atom. The summed E-state index contributed by atoms with van der Waals surface area (Å²) in [4.78, 5) is 13.1. The van der Waals surface area contributed by atoms with E-state index in [9.17, 15) is 9.18 Å². The highest BCUT2D eigenvalue weighted by Crippen LogP contribution is 2.25. The van der Waals surface area contributed by atoms with Crippen LogP contribution in [0.15, 0.2) is 41.3 Å². The summed E-state index contributed by atoms with van der Waals surface area (Å²) >= 11 is 1.45. The van der Waals surface area contributed by atoms with Crippen molar-refractivity contribution in [3.05, 3.63) is 58.9 Å². The number of rotatable bonds is 4. The zero-order valence-electron chi connectivity index (χ0n) is 13.0. The van der Waals surface area contributed by atoms with Crippen LogP contribution in [0.1, 0.15) is 16.7 Å². The molecule has 0 fully saturated rings. The minimum absolute atomic E-state index is 0.191. The molecule has 0 saturated heterocycles. The third-order valence-electron chi connectivity index (χ3n) is 3.87. The maximum atomic E-state index is 14.5. The third kappa shape index (κ3) is 3.92. The van der Waals surface area contributed by atoms with Crippen LogP contribution >= 0.6 is 11.8 Å². The topological polar surface area (TPSA) is 41.1 Å². The molecular formula is C18H19FN2OS. The molecule has 0 aromatic heterocycles. The second-order valence-electron chi connectivity index (χ2n) is 5.64. The number of benzene rings is 2. The van der Waals surface area contributed by atoms with Crippen LogP contribution < -0.4 is 10.6 Å². The minimum Gasteiger partial charge on any atom is -0.323 e. The van der Waals surface area contributed by atoms with Gasteiger partial charge in [-0.05, 0) is 49.2 Å². The fraction of sp³-hybridized carbons (Fsp3) is 0.278. The molecule has 1 heterocycles.